The molecule has 5 nitrogen and oxygen atoms in total. The van der Waals surface area contributed by atoms with Gasteiger partial charge in [0, 0.05) is 5.31 Å². The van der Waals surface area contributed by atoms with E-state index in [1.165, 1.54) is 0 Å². The van der Waals surface area contributed by atoms with Crippen molar-refractivity contribution < 1.29 is 18.9 Å². The van der Waals surface area contributed by atoms with Gasteiger partial charge in [-0.2, -0.15) is 0 Å². The number of hydrogen-bond donors (Lipinski definition) is 0. The molecule has 1 aliphatic rings. The van der Waals surface area contributed by atoms with Gasteiger partial charge in [0.25, 0.3) is 0 Å². The zero-order chi connectivity index (χ0) is 15.2. The maximum Gasteiger partial charge on any atom is 0.604 e. The molecule has 0 saturated carbocycles. The molecule has 0 aromatic carbocycles. The first-order valence-electron chi connectivity index (χ1n) is 7.48. The van der Waals surface area contributed by atoms with Crippen LogP contribution in [0.25, 0.3) is 0 Å². The normalized spacial score (nSPS) is 20.7. The van der Waals surface area contributed by atoms with E-state index < -0.39 is 7.12 Å². The van der Waals surface area contributed by atoms with Crippen LogP contribution in [0.2, 0.25) is 5.31 Å². The summed E-state index contributed by atoms with van der Waals surface area (Å²) in [5.74, 6) is -0.666. The Labute approximate surface area is 122 Å². The second kappa shape index (κ2) is 7.67. The number of carbonyl (C=O) groups is 2. The fourth-order valence-corrected chi connectivity index (χ4v) is 2.36. The third-order valence-electron chi connectivity index (χ3n) is 4.00. The van der Waals surface area contributed by atoms with Crippen molar-refractivity contribution in [3.8, 4) is 0 Å². The molecule has 1 saturated heterocycles. The molecule has 0 N–H and O–H groups in total. The van der Waals surface area contributed by atoms with Crippen LogP contribution in [0, 0.1) is 0 Å². The van der Waals surface area contributed by atoms with E-state index in [2.05, 4.69) is 6.92 Å². The average Bonchev–Trinajstić information content (AvgIpc) is 2.36. The molecular formula is C14H26BNO4. The van der Waals surface area contributed by atoms with Gasteiger partial charge in [0.15, 0.2) is 0 Å². The van der Waals surface area contributed by atoms with E-state index in [1.807, 2.05) is 13.8 Å². The zero-order valence-electron chi connectivity index (χ0n) is 13.1. The number of likely N-dealkylation sites (N-methyl/N-ethyl adjacent to an activating group) is 1. The van der Waals surface area contributed by atoms with Crippen LogP contribution in [0.3, 0.4) is 0 Å². The first-order valence-corrected chi connectivity index (χ1v) is 7.48. The minimum absolute atomic E-state index is 0.125. The lowest BCUT2D eigenvalue weighted by molar-refractivity contribution is -0.146. The number of unbranched alkanes of at least 4 members (excludes halogenated alkanes) is 2. The average molecular weight is 283 g/mol. The Morgan fingerprint density at radius 3 is 2.15 bits per heavy atom. The van der Waals surface area contributed by atoms with E-state index in [9.17, 15) is 9.59 Å². The highest BCUT2D eigenvalue weighted by atomic mass is 16.6. The summed E-state index contributed by atoms with van der Waals surface area (Å²) in [6.07, 6.45) is 5.00. The lowest BCUT2D eigenvalue weighted by Gasteiger charge is -2.33. The highest BCUT2D eigenvalue weighted by molar-refractivity contribution is 6.52. The summed E-state index contributed by atoms with van der Waals surface area (Å²) in [5, 5.41) is -0.309. The molecule has 0 bridgehead atoms. The molecule has 1 aliphatic heterocycles. The van der Waals surface area contributed by atoms with Crippen LogP contribution in [-0.4, -0.2) is 44.1 Å². The Kier molecular flexibility index (Phi) is 6.53. The van der Waals surface area contributed by atoms with Crippen LogP contribution in [0.4, 0.5) is 0 Å². The topological polar surface area (TPSA) is 55.8 Å². The molecule has 1 atom stereocenters. The van der Waals surface area contributed by atoms with Gasteiger partial charge in [0.2, 0.25) is 0 Å². The van der Waals surface area contributed by atoms with E-state index in [4.69, 9.17) is 9.31 Å². The van der Waals surface area contributed by atoms with Crippen molar-refractivity contribution in [1.29, 1.82) is 0 Å². The molecule has 1 heterocycles. The maximum absolute atomic E-state index is 11.8. The Balaban J connectivity index is 2.77. The van der Waals surface area contributed by atoms with Crippen LogP contribution >= 0.6 is 0 Å². The predicted octanol–water partition coefficient (Wildman–Crippen LogP) is 2.26. The summed E-state index contributed by atoms with van der Waals surface area (Å²) >= 11 is 0. The fourth-order valence-electron chi connectivity index (χ4n) is 2.36. The highest BCUT2D eigenvalue weighted by Crippen LogP contribution is 2.40. The largest absolute Gasteiger partial charge is 0.604 e. The van der Waals surface area contributed by atoms with Gasteiger partial charge in [-0.25, -0.2) is 0 Å². The maximum atomic E-state index is 11.8. The molecular weight excluding hydrogens is 257 g/mol. The first-order chi connectivity index (χ1) is 9.41. The van der Waals surface area contributed by atoms with Crippen molar-refractivity contribution in [3.05, 3.63) is 0 Å². The van der Waals surface area contributed by atoms with Gasteiger partial charge in [-0.15, -0.1) is 0 Å². The quantitative estimate of drug-likeness (QED) is 0.553. The highest BCUT2D eigenvalue weighted by Gasteiger charge is 2.47. The van der Waals surface area contributed by atoms with Gasteiger partial charge in [0.05, 0.1) is 13.1 Å². The van der Waals surface area contributed by atoms with Gasteiger partial charge in [-0.3, -0.25) is 14.5 Å². The zero-order valence-corrected chi connectivity index (χ0v) is 13.1. The molecule has 20 heavy (non-hydrogen) atoms. The Morgan fingerprint density at radius 1 is 1.15 bits per heavy atom. The standard InChI is InChI=1S/C14H26BNO4/c1-5-7-8-9-14(3,6-2)15-19-12(17)10-16(4)11-13(18)20-15/h5-11H2,1-4H3. The lowest BCUT2D eigenvalue weighted by Crippen LogP contribution is -2.47. The molecule has 6 heteroatoms. The van der Waals surface area contributed by atoms with Crippen molar-refractivity contribution in [2.24, 2.45) is 0 Å². The van der Waals surface area contributed by atoms with Crippen LogP contribution in [-0.2, 0) is 18.9 Å². The molecule has 0 aromatic rings. The van der Waals surface area contributed by atoms with Gasteiger partial charge < -0.3 is 9.31 Å². The van der Waals surface area contributed by atoms with E-state index in [0.29, 0.717) is 0 Å². The molecule has 0 aromatic heterocycles. The smallest absolute Gasteiger partial charge is 0.498 e. The molecule has 0 radical (unpaired) electrons. The number of nitrogens with zero attached hydrogens (tertiary/aromatic N) is 1. The van der Waals surface area contributed by atoms with E-state index in [-0.39, 0.29) is 30.3 Å². The first kappa shape index (κ1) is 17.0. The Morgan fingerprint density at radius 2 is 1.70 bits per heavy atom. The van der Waals surface area contributed by atoms with Gasteiger partial charge in [-0.05, 0) is 19.9 Å². The van der Waals surface area contributed by atoms with Crippen molar-refractivity contribution in [2.45, 2.75) is 58.2 Å². The minimum atomic E-state index is -0.766. The second-order valence-electron chi connectivity index (χ2n) is 5.95. The summed E-state index contributed by atoms with van der Waals surface area (Å²) in [5.41, 5.74) is 0. The number of hydrogen-bond acceptors (Lipinski definition) is 5. The van der Waals surface area contributed by atoms with Crippen molar-refractivity contribution in [2.75, 3.05) is 20.1 Å². The number of carbonyl (C=O) groups excluding carboxylic acids is 2. The van der Waals surface area contributed by atoms with Crippen LogP contribution in [0.1, 0.15) is 52.9 Å². The van der Waals surface area contributed by atoms with Crippen molar-refractivity contribution in [1.82, 2.24) is 4.90 Å². The molecule has 0 amide bonds. The van der Waals surface area contributed by atoms with E-state index in [0.717, 1.165) is 32.1 Å². The Hall–Kier alpha value is -1.04. The fraction of sp³-hybridized carbons (Fsp3) is 0.857. The molecule has 0 spiro atoms. The van der Waals surface area contributed by atoms with Crippen molar-refractivity contribution in [3.63, 3.8) is 0 Å². The van der Waals surface area contributed by atoms with Crippen LogP contribution in [0.15, 0.2) is 0 Å². The predicted molar refractivity (Wildman–Crippen MR) is 78.2 cm³/mol. The summed E-state index contributed by atoms with van der Waals surface area (Å²) in [4.78, 5) is 25.2. The SMILES string of the molecule is CCCCCC(C)(CC)B1OC(=O)CN(C)CC(=O)O1. The third-order valence-corrected chi connectivity index (χ3v) is 4.00. The molecule has 1 unspecified atom stereocenters. The number of rotatable bonds is 6. The van der Waals surface area contributed by atoms with Gasteiger partial charge in [0.1, 0.15) is 0 Å². The van der Waals surface area contributed by atoms with Crippen LogP contribution in [0.5, 0.6) is 0 Å². The third kappa shape index (κ3) is 4.82. The van der Waals surface area contributed by atoms with Crippen LogP contribution < -0.4 is 0 Å². The molecule has 1 fully saturated rings. The molecule has 0 aliphatic carbocycles. The summed E-state index contributed by atoms with van der Waals surface area (Å²) in [6, 6.07) is 0. The minimum Gasteiger partial charge on any atom is -0.498 e. The van der Waals surface area contributed by atoms with Gasteiger partial charge in [-0.1, -0.05) is 40.0 Å². The van der Waals surface area contributed by atoms with E-state index >= 15 is 0 Å². The van der Waals surface area contributed by atoms with Gasteiger partial charge >= 0.3 is 19.1 Å². The Bertz CT molecular complexity index is 330. The molecule has 114 valence electrons. The van der Waals surface area contributed by atoms with E-state index in [1.54, 1.807) is 11.9 Å². The summed E-state index contributed by atoms with van der Waals surface area (Å²) in [7, 11) is 0.932. The molecule has 1 rings (SSSR count). The van der Waals surface area contributed by atoms with Crippen molar-refractivity contribution >= 4 is 19.1 Å². The summed E-state index contributed by atoms with van der Waals surface area (Å²) in [6.45, 7) is 6.47. The monoisotopic (exact) mass is 283 g/mol. The lowest BCUT2D eigenvalue weighted by atomic mass is 9.54. The summed E-state index contributed by atoms with van der Waals surface area (Å²) < 4.78 is 10.8. The second-order valence-corrected chi connectivity index (χ2v) is 5.95.